The first kappa shape index (κ1) is 19.0. The van der Waals surface area contributed by atoms with Gasteiger partial charge in [0.15, 0.2) is 0 Å². The molecular weight excluding hydrogens is 334 g/mol. The molecule has 26 heavy (non-hydrogen) atoms. The monoisotopic (exact) mass is 365 g/mol. The van der Waals surface area contributed by atoms with Crippen molar-refractivity contribution in [2.45, 2.75) is 82.7 Å². The van der Waals surface area contributed by atoms with E-state index < -0.39 is 11.4 Å². The zero-order chi connectivity index (χ0) is 18.6. The van der Waals surface area contributed by atoms with Gasteiger partial charge in [-0.05, 0) is 38.5 Å². The third kappa shape index (κ3) is 4.48. The molecule has 0 aromatic carbocycles. The zero-order valence-electron chi connectivity index (χ0n) is 15.5. The lowest BCUT2D eigenvalue weighted by Crippen LogP contribution is -2.52. The van der Waals surface area contributed by atoms with Gasteiger partial charge in [0.25, 0.3) is 0 Å². The minimum absolute atomic E-state index is 0.0581. The third-order valence-corrected chi connectivity index (χ3v) is 6.38. The first-order valence-electron chi connectivity index (χ1n) is 10.1. The Morgan fingerprint density at radius 3 is 1.96 bits per heavy atom. The van der Waals surface area contributed by atoms with E-state index >= 15 is 0 Å². The molecule has 0 radical (unpaired) electrons. The number of urea groups is 1. The first-order valence-corrected chi connectivity index (χ1v) is 10.1. The lowest BCUT2D eigenvalue weighted by atomic mass is 9.66. The fourth-order valence-electron chi connectivity index (χ4n) is 4.40. The highest BCUT2D eigenvalue weighted by atomic mass is 16.4. The van der Waals surface area contributed by atoms with Crippen LogP contribution in [-0.4, -0.2) is 53.1 Å². The summed E-state index contributed by atoms with van der Waals surface area (Å²) < 4.78 is 0. The van der Waals surface area contributed by atoms with Crippen LogP contribution in [0, 0.1) is 5.41 Å². The fraction of sp³-hybridized carbons (Fsp3) is 0.842. The molecule has 7 heteroatoms. The molecule has 1 saturated heterocycles. The predicted molar refractivity (Wildman–Crippen MR) is 96.7 cm³/mol. The van der Waals surface area contributed by atoms with E-state index in [1.54, 1.807) is 4.90 Å². The lowest BCUT2D eigenvalue weighted by molar-refractivity contribution is -0.159. The standard InChI is InChI=1S/C19H31N3O4/c23-16(13-19(17(24)25)9-4-10-19)22-11-7-15(8-12-22)21-18(26)20-14-5-2-1-3-6-14/h14-15H,1-13H2,(H,24,25)(H2,20,21,26). The van der Waals surface area contributed by atoms with E-state index in [2.05, 4.69) is 10.6 Å². The molecule has 1 aliphatic heterocycles. The molecule has 3 fully saturated rings. The molecule has 2 aliphatic carbocycles. The van der Waals surface area contributed by atoms with E-state index in [1.807, 2.05) is 0 Å². The number of nitrogens with zero attached hydrogens (tertiary/aromatic N) is 1. The van der Waals surface area contributed by atoms with E-state index in [0.29, 0.717) is 32.0 Å². The highest BCUT2D eigenvalue weighted by Crippen LogP contribution is 2.44. The van der Waals surface area contributed by atoms with E-state index in [9.17, 15) is 19.5 Å². The molecule has 3 N–H and O–H groups in total. The van der Waals surface area contributed by atoms with Crippen molar-refractivity contribution in [1.82, 2.24) is 15.5 Å². The summed E-state index contributed by atoms with van der Waals surface area (Å²) in [4.78, 5) is 37.8. The summed E-state index contributed by atoms with van der Waals surface area (Å²) >= 11 is 0. The summed E-state index contributed by atoms with van der Waals surface area (Å²) in [6.07, 6.45) is 9.42. The Balaban J connectivity index is 1.39. The molecule has 0 bridgehead atoms. The Hall–Kier alpha value is -1.79. The van der Waals surface area contributed by atoms with Gasteiger partial charge in [0, 0.05) is 31.6 Å². The number of amides is 3. The van der Waals surface area contributed by atoms with Crippen molar-refractivity contribution in [2.75, 3.05) is 13.1 Å². The van der Waals surface area contributed by atoms with Gasteiger partial charge in [0.05, 0.1) is 5.41 Å². The van der Waals surface area contributed by atoms with E-state index in [-0.39, 0.29) is 24.4 Å². The van der Waals surface area contributed by atoms with Crippen LogP contribution in [0.2, 0.25) is 0 Å². The lowest BCUT2D eigenvalue weighted by Gasteiger charge is -2.40. The number of nitrogens with one attached hydrogen (secondary N) is 2. The average Bonchev–Trinajstić information content (AvgIpc) is 2.59. The van der Waals surface area contributed by atoms with Crippen molar-refractivity contribution >= 4 is 17.9 Å². The number of carboxylic acid groups (broad SMARTS) is 1. The molecule has 2 saturated carbocycles. The Labute approximate surface area is 154 Å². The number of piperidine rings is 1. The second-order valence-corrected chi connectivity index (χ2v) is 8.22. The van der Waals surface area contributed by atoms with Gasteiger partial charge in [-0.2, -0.15) is 0 Å². The fourth-order valence-corrected chi connectivity index (χ4v) is 4.40. The van der Waals surface area contributed by atoms with Crippen LogP contribution in [0.5, 0.6) is 0 Å². The second-order valence-electron chi connectivity index (χ2n) is 8.22. The van der Waals surface area contributed by atoms with Gasteiger partial charge in [-0.25, -0.2) is 4.79 Å². The summed E-state index contributed by atoms with van der Waals surface area (Å²) in [5, 5.41) is 15.5. The molecule has 0 aromatic rings. The molecule has 0 unspecified atom stereocenters. The van der Waals surface area contributed by atoms with Crippen LogP contribution in [-0.2, 0) is 9.59 Å². The van der Waals surface area contributed by atoms with Gasteiger partial charge >= 0.3 is 12.0 Å². The van der Waals surface area contributed by atoms with Crippen LogP contribution in [0.4, 0.5) is 4.79 Å². The van der Waals surface area contributed by atoms with Crippen molar-refractivity contribution in [3.63, 3.8) is 0 Å². The average molecular weight is 365 g/mol. The van der Waals surface area contributed by atoms with Crippen molar-refractivity contribution in [3.8, 4) is 0 Å². The summed E-state index contributed by atoms with van der Waals surface area (Å²) in [5.74, 6) is -0.898. The van der Waals surface area contributed by atoms with Gasteiger partial charge in [-0.3, -0.25) is 9.59 Å². The molecule has 3 aliphatic rings. The number of rotatable bonds is 5. The molecule has 3 rings (SSSR count). The molecule has 0 atom stereocenters. The number of carbonyl (C=O) groups excluding carboxylic acids is 2. The smallest absolute Gasteiger partial charge is 0.315 e. The van der Waals surface area contributed by atoms with Gasteiger partial charge in [-0.1, -0.05) is 25.7 Å². The van der Waals surface area contributed by atoms with Crippen molar-refractivity contribution < 1.29 is 19.5 Å². The highest BCUT2D eigenvalue weighted by Gasteiger charge is 2.46. The minimum atomic E-state index is -0.840. The van der Waals surface area contributed by atoms with Crippen LogP contribution in [0.3, 0.4) is 0 Å². The maximum atomic E-state index is 12.5. The largest absolute Gasteiger partial charge is 0.481 e. The topological polar surface area (TPSA) is 98.7 Å². The molecule has 7 nitrogen and oxygen atoms in total. The van der Waals surface area contributed by atoms with Gasteiger partial charge in [-0.15, -0.1) is 0 Å². The van der Waals surface area contributed by atoms with Crippen LogP contribution in [0.15, 0.2) is 0 Å². The number of hydrogen-bond acceptors (Lipinski definition) is 3. The van der Waals surface area contributed by atoms with Crippen LogP contribution in [0.1, 0.15) is 70.6 Å². The molecule has 0 aromatic heterocycles. The summed E-state index contributed by atoms with van der Waals surface area (Å²) in [6.45, 7) is 1.17. The number of carboxylic acids is 1. The predicted octanol–water partition coefficient (Wildman–Crippen LogP) is 2.25. The van der Waals surface area contributed by atoms with Gasteiger partial charge < -0.3 is 20.6 Å². The SMILES string of the molecule is O=C(NC1CCCCC1)NC1CCN(C(=O)CC2(C(=O)O)CCC2)CC1. The minimum Gasteiger partial charge on any atom is -0.481 e. The number of likely N-dealkylation sites (tertiary alicyclic amines) is 1. The Kier molecular flexibility index (Phi) is 6.04. The molecule has 146 valence electrons. The number of carbonyl (C=O) groups is 3. The Morgan fingerprint density at radius 1 is 0.885 bits per heavy atom. The Bertz CT molecular complexity index is 533. The van der Waals surface area contributed by atoms with Crippen molar-refractivity contribution in [1.29, 1.82) is 0 Å². The van der Waals surface area contributed by atoms with E-state index in [1.165, 1.54) is 19.3 Å². The van der Waals surface area contributed by atoms with Crippen LogP contribution >= 0.6 is 0 Å². The van der Waals surface area contributed by atoms with Crippen molar-refractivity contribution in [2.24, 2.45) is 5.41 Å². The Morgan fingerprint density at radius 2 is 1.46 bits per heavy atom. The first-order chi connectivity index (χ1) is 12.5. The highest BCUT2D eigenvalue weighted by molar-refractivity contribution is 5.85. The number of hydrogen-bond donors (Lipinski definition) is 3. The van der Waals surface area contributed by atoms with E-state index in [4.69, 9.17) is 0 Å². The maximum Gasteiger partial charge on any atom is 0.315 e. The zero-order valence-corrected chi connectivity index (χ0v) is 15.5. The maximum absolute atomic E-state index is 12.5. The normalized spacial score (nSPS) is 23.8. The van der Waals surface area contributed by atoms with Crippen LogP contribution < -0.4 is 10.6 Å². The van der Waals surface area contributed by atoms with Gasteiger partial charge in [0.2, 0.25) is 5.91 Å². The number of aliphatic carboxylic acids is 1. The van der Waals surface area contributed by atoms with Gasteiger partial charge in [0.1, 0.15) is 0 Å². The van der Waals surface area contributed by atoms with Crippen LogP contribution in [0.25, 0.3) is 0 Å². The summed E-state index contributed by atoms with van der Waals surface area (Å²) in [5.41, 5.74) is -0.827. The molecule has 0 spiro atoms. The summed E-state index contributed by atoms with van der Waals surface area (Å²) in [7, 11) is 0. The second kappa shape index (κ2) is 8.27. The van der Waals surface area contributed by atoms with Crippen molar-refractivity contribution in [3.05, 3.63) is 0 Å². The quantitative estimate of drug-likeness (QED) is 0.696. The van der Waals surface area contributed by atoms with E-state index in [0.717, 1.165) is 32.1 Å². The molecule has 1 heterocycles. The third-order valence-electron chi connectivity index (χ3n) is 6.38. The molecule has 3 amide bonds. The molecular formula is C19H31N3O4. The summed E-state index contributed by atoms with van der Waals surface area (Å²) in [6, 6.07) is 0.279.